The number of nitrogens with two attached hydrogens (primary N) is 1. The van der Waals surface area contributed by atoms with Gasteiger partial charge in [-0.3, -0.25) is 9.89 Å². The van der Waals surface area contributed by atoms with Crippen LogP contribution in [0.2, 0.25) is 0 Å². The van der Waals surface area contributed by atoms with Gasteiger partial charge in [-0.1, -0.05) is 13.3 Å². The van der Waals surface area contributed by atoms with E-state index in [9.17, 15) is 4.79 Å². The van der Waals surface area contributed by atoms with Gasteiger partial charge in [0.15, 0.2) is 5.69 Å². The predicted octanol–water partition coefficient (Wildman–Crippen LogP) is 1.96. The van der Waals surface area contributed by atoms with E-state index in [1.165, 1.54) is 19.3 Å². The molecule has 2 atom stereocenters. The molecule has 2 fully saturated rings. The van der Waals surface area contributed by atoms with E-state index in [1.807, 2.05) is 11.8 Å². The summed E-state index contributed by atoms with van der Waals surface area (Å²) in [5.41, 5.74) is 7.84. The molecule has 2 unspecified atom stereocenters. The van der Waals surface area contributed by atoms with E-state index in [4.69, 9.17) is 5.73 Å². The van der Waals surface area contributed by atoms with E-state index >= 15 is 0 Å². The van der Waals surface area contributed by atoms with Gasteiger partial charge >= 0.3 is 0 Å². The molecule has 0 spiro atoms. The second-order valence-corrected chi connectivity index (χ2v) is 5.72. The molecule has 1 saturated carbocycles. The number of fused-ring (bicyclic) bond motifs is 1. The number of piperidine rings is 1. The molecule has 3 N–H and O–H groups in total. The van der Waals surface area contributed by atoms with Crippen molar-refractivity contribution < 1.29 is 4.79 Å². The lowest BCUT2D eigenvalue weighted by atomic mass is 9.91. The Labute approximate surface area is 113 Å². The first-order valence-corrected chi connectivity index (χ1v) is 7.36. The van der Waals surface area contributed by atoms with Crippen molar-refractivity contribution in [2.75, 3.05) is 12.3 Å². The molecule has 104 valence electrons. The number of hydrogen-bond acceptors (Lipinski definition) is 3. The Balaban J connectivity index is 1.84. The Kier molecular flexibility index (Phi) is 3.21. The summed E-state index contributed by atoms with van der Waals surface area (Å²) in [5.74, 6) is 0.716. The Morgan fingerprint density at radius 3 is 2.95 bits per heavy atom. The number of likely N-dealkylation sites (tertiary alicyclic amines) is 1. The van der Waals surface area contributed by atoms with Crippen molar-refractivity contribution in [3.8, 4) is 0 Å². The fourth-order valence-corrected chi connectivity index (χ4v) is 3.66. The number of nitrogens with one attached hydrogen (secondary N) is 1. The number of H-pyrrole nitrogens is 1. The van der Waals surface area contributed by atoms with Crippen LogP contribution in [0.3, 0.4) is 0 Å². The van der Waals surface area contributed by atoms with Crippen LogP contribution in [0.25, 0.3) is 0 Å². The summed E-state index contributed by atoms with van der Waals surface area (Å²) in [5, 5.41) is 7.02. The molecule has 5 nitrogen and oxygen atoms in total. The topological polar surface area (TPSA) is 75.0 Å². The first kappa shape index (κ1) is 12.5. The van der Waals surface area contributed by atoms with Gasteiger partial charge in [-0.2, -0.15) is 5.10 Å². The molecule has 2 aliphatic rings. The predicted molar refractivity (Wildman–Crippen MR) is 73.8 cm³/mol. The molecule has 1 aromatic heterocycles. The molecule has 3 rings (SSSR count). The summed E-state index contributed by atoms with van der Waals surface area (Å²) in [4.78, 5) is 14.7. The quantitative estimate of drug-likeness (QED) is 0.855. The average molecular weight is 262 g/mol. The molecule has 1 aliphatic carbocycles. The lowest BCUT2D eigenvalue weighted by Crippen LogP contribution is -2.46. The van der Waals surface area contributed by atoms with Gasteiger partial charge in [0.1, 0.15) is 0 Å². The van der Waals surface area contributed by atoms with Gasteiger partial charge in [-0.05, 0) is 38.0 Å². The van der Waals surface area contributed by atoms with E-state index < -0.39 is 0 Å². The fraction of sp³-hybridized carbons (Fsp3) is 0.714. The van der Waals surface area contributed by atoms with Crippen molar-refractivity contribution in [2.45, 2.75) is 51.5 Å². The number of rotatable bonds is 2. The Morgan fingerprint density at radius 2 is 2.21 bits per heavy atom. The van der Waals surface area contributed by atoms with Crippen LogP contribution in [-0.4, -0.2) is 33.6 Å². The van der Waals surface area contributed by atoms with Gasteiger partial charge in [0.2, 0.25) is 0 Å². The molecule has 5 heteroatoms. The summed E-state index contributed by atoms with van der Waals surface area (Å²) in [7, 11) is 0. The van der Waals surface area contributed by atoms with Crippen molar-refractivity contribution in [3.05, 3.63) is 11.4 Å². The number of nitrogen functional groups attached to an aromatic ring is 1. The summed E-state index contributed by atoms with van der Waals surface area (Å²) in [6.07, 6.45) is 6.81. The molecule has 2 heterocycles. The zero-order chi connectivity index (χ0) is 13.4. The Hall–Kier alpha value is -1.52. The summed E-state index contributed by atoms with van der Waals surface area (Å²) >= 11 is 0. The third-order valence-electron chi connectivity index (χ3n) is 4.69. The zero-order valence-electron chi connectivity index (χ0n) is 11.5. The van der Waals surface area contributed by atoms with E-state index in [-0.39, 0.29) is 5.91 Å². The molecule has 1 aromatic rings. The minimum Gasteiger partial charge on any atom is -0.395 e. The highest BCUT2D eigenvalue weighted by Crippen LogP contribution is 2.37. The Bertz CT molecular complexity index is 482. The molecule has 0 bridgehead atoms. The van der Waals surface area contributed by atoms with E-state index in [1.54, 1.807) is 0 Å². The van der Waals surface area contributed by atoms with E-state index in [2.05, 4.69) is 10.2 Å². The first-order chi connectivity index (χ1) is 9.22. The van der Waals surface area contributed by atoms with Gasteiger partial charge in [-0.25, -0.2) is 0 Å². The highest BCUT2D eigenvalue weighted by molar-refractivity contribution is 5.97. The van der Waals surface area contributed by atoms with Crippen LogP contribution < -0.4 is 5.73 Å². The van der Waals surface area contributed by atoms with Crippen LogP contribution in [0, 0.1) is 5.92 Å². The van der Waals surface area contributed by atoms with Gasteiger partial charge in [-0.15, -0.1) is 0 Å². The van der Waals surface area contributed by atoms with Crippen LogP contribution in [0.4, 0.5) is 5.69 Å². The van der Waals surface area contributed by atoms with Gasteiger partial charge in [0.25, 0.3) is 5.91 Å². The number of anilines is 1. The number of carbonyl (C=O) groups is 1. The Morgan fingerprint density at radius 1 is 1.42 bits per heavy atom. The molecule has 1 aliphatic heterocycles. The van der Waals surface area contributed by atoms with E-state index in [0.29, 0.717) is 23.3 Å². The third-order valence-corrected chi connectivity index (χ3v) is 4.69. The molecular weight excluding hydrogens is 240 g/mol. The lowest BCUT2D eigenvalue weighted by Gasteiger charge is -2.37. The van der Waals surface area contributed by atoms with Crippen molar-refractivity contribution in [3.63, 3.8) is 0 Å². The average Bonchev–Trinajstić information content (AvgIpc) is 3.03. The second kappa shape index (κ2) is 4.87. The van der Waals surface area contributed by atoms with Crippen LogP contribution in [0.1, 0.15) is 55.2 Å². The minimum atomic E-state index is 0.0186. The smallest absolute Gasteiger partial charge is 0.276 e. The summed E-state index contributed by atoms with van der Waals surface area (Å²) in [6.45, 7) is 2.86. The SMILES string of the molecule is CCc1[nH]nc(C(=O)N2CCCC3CCCC32)c1N. The lowest BCUT2D eigenvalue weighted by molar-refractivity contribution is 0.0543. The molecule has 19 heavy (non-hydrogen) atoms. The third kappa shape index (κ3) is 2.01. The van der Waals surface area contributed by atoms with E-state index in [0.717, 1.165) is 31.5 Å². The monoisotopic (exact) mass is 262 g/mol. The largest absolute Gasteiger partial charge is 0.395 e. The normalized spacial score (nSPS) is 26.5. The van der Waals surface area contributed by atoms with Crippen molar-refractivity contribution in [1.29, 1.82) is 0 Å². The van der Waals surface area contributed by atoms with Crippen molar-refractivity contribution in [1.82, 2.24) is 15.1 Å². The van der Waals surface area contributed by atoms with Crippen LogP contribution in [0.5, 0.6) is 0 Å². The summed E-state index contributed by atoms with van der Waals surface area (Å²) in [6, 6.07) is 0.419. The van der Waals surface area contributed by atoms with Crippen LogP contribution in [0.15, 0.2) is 0 Å². The minimum absolute atomic E-state index is 0.0186. The maximum absolute atomic E-state index is 12.7. The molecule has 1 saturated heterocycles. The van der Waals surface area contributed by atoms with Crippen LogP contribution in [-0.2, 0) is 6.42 Å². The standard InChI is InChI=1S/C14H22N4O/c1-2-10-12(15)13(17-16-10)14(19)18-8-4-6-9-5-3-7-11(9)18/h9,11H,2-8,15H2,1H3,(H,16,17). The van der Waals surface area contributed by atoms with Crippen molar-refractivity contribution >= 4 is 11.6 Å². The molecule has 0 radical (unpaired) electrons. The van der Waals surface area contributed by atoms with Crippen molar-refractivity contribution in [2.24, 2.45) is 5.92 Å². The highest BCUT2D eigenvalue weighted by Gasteiger charge is 2.38. The van der Waals surface area contributed by atoms with Gasteiger partial charge in [0, 0.05) is 12.6 Å². The fourth-order valence-electron chi connectivity index (χ4n) is 3.66. The van der Waals surface area contributed by atoms with Gasteiger partial charge < -0.3 is 10.6 Å². The second-order valence-electron chi connectivity index (χ2n) is 5.72. The molecule has 1 amide bonds. The number of carbonyl (C=O) groups excluding carboxylic acids is 1. The summed E-state index contributed by atoms with van der Waals surface area (Å²) < 4.78 is 0. The number of hydrogen-bond donors (Lipinski definition) is 2. The maximum atomic E-state index is 12.7. The van der Waals surface area contributed by atoms with Crippen LogP contribution >= 0.6 is 0 Å². The molecular formula is C14H22N4O. The highest BCUT2D eigenvalue weighted by atomic mass is 16.2. The first-order valence-electron chi connectivity index (χ1n) is 7.36. The number of amides is 1. The zero-order valence-corrected chi connectivity index (χ0v) is 11.5. The number of aromatic amines is 1. The van der Waals surface area contributed by atoms with Gasteiger partial charge in [0.05, 0.1) is 11.4 Å². The number of aryl methyl sites for hydroxylation is 1. The number of aromatic nitrogens is 2. The molecule has 0 aromatic carbocycles. The number of nitrogens with zero attached hydrogens (tertiary/aromatic N) is 2. The maximum Gasteiger partial charge on any atom is 0.276 e.